The number of imide groups is 1. The third-order valence-corrected chi connectivity index (χ3v) is 6.65. The molecule has 1 saturated heterocycles. The van der Waals surface area contributed by atoms with E-state index in [-0.39, 0.29) is 16.3 Å². The molecule has 0 saturated carbocycles. The van der Waals surface area contributed by atoms with Crippen LogP contribution in [0, 0.1) is 0 Å². The first-order valence-corrected chi connectivity index (χ1v) is 11.9. The van der Waals surface area contributed by atoms with E-state index in [1.165, 1.54) is 24.9 Å². The number of halogens is 3. The van der Waals surface area contributed by atoms with Gasteiger partial charge in [-0.1, -0.05) is 30.0 Å². The van der Waals surface area contributed by atoms with Crippen LogP contribution in [0.1, 0.15) is 11.3 Å². The van der Waals surface area contributed by atoms with Gasteiger partial charge in [0.2, 0.25) is 5.91 Å². The van der Waals surface area contributed by atoms with Crippen LogP contribution in [0.2, 0.25) is 0 Å². The molecule has 2 aromatic carbocycles. The Morgan fingerprint density at radius 1 is 1.14 bits per heavy atom. The van der Waals surface area contributed by atoms with Gasteiger partial charge in [-0.2, -0.15) is 13.2 Å². The van der Waals surface area contributed by atoms with Crippen LogP contribution in [0.4, 0.5) is 23.7 Å². The highest BCUT2D eigenvalue weighted by Gasteiger charge is 2.37. The fourth-order valence-corrected chi connectivity index (χ4v) is 4.77. The summed E-state index contributed by atoms with van der Waals surface area (Å²) in [6.45, 7) is -0.686. The van der Waals surface area contributed by atoms with Crippen molar-refractivity contribution in [2.24, 2.45) is 0 Å². The number of hydrogen-bond donors (Lipinski definition) is 1. The number of carbonyl (C=O) groups is 3. The summed E-state index contributed by atoms with van der Waals surface area (Å²) in [5, 5.41) is 2.17. The lowest BCUT2D eigenvalue weighted by molar-refractivity contribution is -0.137. The Morgan fingerprint density at radius 3 is 2.58 bits per heavy atom. The van der Waals surface area contributed by atoms with Gasteiger partial charge in [0.15, 0.2) is 5.09 Å². The largest absolute Gasteiger partial charge is 0.495 e. The van der Waals surface area contributed by atoms with Crippen LogP contribution in [-0.4, -0.2) is 35.6 Å². The maximum atomic E-state index is 13.0. The first-order chi connectivity index (χ1) is 17.1. The molecule has 0 atom stereocenters. The van der Waals surface area contributed by atoms with Gasteiger partial charge in [-0.3, -0.25) is 19.3 Å². The number of hydrogen-bond acceptors (Lipinski definition) is 7. The van der Waals surface area contributed by atoms with E-state index in [9.17, 15) is 27.6 Å². The number of amides is 3. The van der Waals surface area contributed by atoms with Crippen LogP contribution < -0.4 is 10.1 Å². The summed E-state index contributed by atoms with van der Waals surface area (Å²) in [6.07, 6.45) is -3.23. The van der Waals surface area contributed by atoms with Gasteiger partial charge < -0.3 is 14.5 Å². The Balaban J connectivity index is 1.43. The normalized spacial score (nSPS) is 15.0. The number of carbonyl (C=O) groups excluding carboxylic acids is 3. The molecule has 3 aromatic rings. The number of anilines is 1. The van der Waals surface area contributed by atoms with Crippen molar-refractivity contribution in [1.29, 1.82) is 0 Å². The van der Waals surface area contributed by atoms with E-state index < -0.39 is 35.3 Å². The van der Waals surface area contributed by atoms with Gasteiger partial charge >= 0.3 is 6.18 Å². The molecule has 7 nitrogen and oxygen atoms in total. The van der Waals surface area contributed by atoms with Crippen molar-refractivity contribution in [2.75, 3.05) is 19.0 Å². The van der Waals surface area contributed by atoms with Crippen LogP contribution in [-0.2, 0) is 15.8 Å². The smallest absolute Gasteiger partial charge is 0.416 e. The summed E-state index contributed by atoms with van der Waals surface area (Å²) in [5.74, 6) is -1.25. The highest BCUT2D eigenvalue weighted by atomic mass is 32.2. The molecular weight excluding hydrogens is 517 g/mol. The van der Waals surface area contributed by atoms with Crippen molar-refractivity contribution in [1.82, 2.24) is 4.90 Å². The van der Waals surface area contributed by atoms with Crippen molar-refractivity contribution in [2.45, 2.75) is 16.2 Å². The molecule has 186 valence electrons. The maximum Gasteiger partial charge on any atom is 0.416 e. The molecule has 1 fully saturated rings. The van der Waals surface area contributed by atoms with Gasteiger partial charge in [0.25, 0.3) is 11.1 Å². The van der Waals surface area contributed by atoms with E-state index in [0.717, 1.165) is 17.0 Å². The topological polar surface area (TPSA) is 88.8 Å². The van der Waals surface area contributed by atoms with Gasteiger partial charge in [0.1, 0.15) is 18.1 Å². The predicted octanol–water partition coefficient (Wildman–Crippen LogP) is 6.13. The first-order valence-electron chi connectivity index (χ1n) is 10.3. The molecule has 1 aliphatic heterocycles. The number of nitrogens with one attached hydrogen (secondary N) is 1. The van der Waals surface area contributed by atoms with E-state index >= 15 is 0 Å². The van der Waals surface area contributed by atoms with Crippen LogP contribution in [0.15, 0.2) is 80.0 Å². The summed E-state index contributed by atoms with van der Waals surface area (Å²) in [6, 6.07) is 15.5. The van der Waals surface area contributed by atoms with E-state index in [1.807, 2.05) is 30.3 Å². The molecule has 1 N–H and O–H groups in total. The Morgan fingerprint density at radius 2 is 1.89 bits per heavy atom. The monoisotopic (exact) mass is 534 g/mol. The van der Waals surface area contributed by atoms with E-state index in [2.05, 4.69) is 5.32 Å². The van der Waals surface area contributed by atoms with Gasteiger partial charge in [-0.15, -0.1) is 0 Å². The van der Waals surface area contributed by atoms with Crippen LogP contribution in [0.25, 0.3) is 6.08 Å². The quantitative estimate of drug-likeness (QED) is 0.365. The average molecular weight is 535 g/mol. The lowest BCUT2D eigenvalue weighted by atomic mass is 10.1. The molecule has 3 amide bonds. The molecular formula is C24H17F3N2O5S2. The highest BCUT2D eigenvalue weighted by Crippen LogP contribution is 2.36. The first kappa shape index (κ1) is 25.5. The molecule has 12 heteroatoms. The Bertz CT molecular complexity index is 1340. The molecule has 1 aliphatic rings. The highest BCUT2D eigenvalue weighted by molar-refractivity contribution is 8.18. The zero-order valence-electron chi connectivity index (χ0n) is 18.5. The van der Waals surface area contributed by atoms with Gasteiger partial charge in [-0.25, -0.2) is 0 Å². The third-order valence-electron chi connectivity index (χ3n) is 4.81. The second-order valence-corrected chi connectivity index (χ2v) is 9.37. The lowest BCUT2D eigenvalue weighted by Gasteiger charge is -2.16. The summed E-state index contributed by atoms with van der Waals surface area (Å²) >= 11 is 2.01. The van der Waals surface area contributed by atoms with Crippen molar-refractivity contribution in [3.8, 4) is 5.75 Å². The summed E-state index contributed by atoms with van der Waals surface area (Å²) in [7, 11) is 1.23. The summed E-state index contributed by atoms with van der Waals surface area (Å²) in [4.78, 5) is 39.3. The maximum absolute atomic E-state index is 13.0. The second kappa shape index (κ2) is 10.5. The lowest BCUT2D eigenvalue weighted by Crippen LogP contribution is -2.36. The number of thioether (sulfide) groups is 1. The number of rotatable bonds is 7. The van der Waals surface area contributed by atoms with Crippen LogP contribution in [0.3, 0.4) is 0 Å². The molecule has 1 aromatic heterocycles. The number of furan rings is 1. The number of nitrogens with zero attached hydrogens (tertiary/aromatic N) is 1. The molecule has 0 aliphatic carbocycles. The number of alkyl halides is 3. The van der Waals surface area contributed by atoms with E-state index in [4.69, 9.17) is 9.15 Å². The third kappa shape index (κ3) is 5.94. The van der Waals surface area contributed by atoms with E-state index in [1.54, 1.807) is 12.1 Å². The molecule has 0 radical (unpaired) electrons. The molecule has 2 heterocycles. The predicted molar refractivity (Wildman–Crippen MR) is 129 cm³/mol. The Labute approximate surface area is 211 Å². The Kier molecular flexibility index (Phi) is 7.45. The Hall–Kier alpha value is -3.64. The zero-order valence-corrected chi connectivity index (χ0v) is 20.1. The molecule has 0 unspecified atom stereocenters. The molecule has 0 bridgehead atoms. The fourth-order valence-electron chi connectivity index (χ4n) is 3.15. The number of benzene rings is 2. The SMILES string of the molecule is COc1ccc(C(F)(F)F)cc1NC(=O)CN1C(=O)S/C(=C\c2ccc(Sc3ccccc3)o2)C1=O. The minimum Gasteiger partial charge on any atom is -0.495 e. The van der Waals surface area contributed by atoms with Crippen molar-refractivity contribution in [3.05, 3.63) is 76.9 Å². The summed E-state index contributed by atoms with van der Waals surface area (Å²) < 4.78 is 49.8. The van der Waals surface area contributed by atoms with E-state index in [0.29, 0.717) is 33.6 Å². The van der Waals surface area contributed by atoms with Crippen LogP contribution >= 0.6 is 23.5 Å². The fraction of sp³-hybridized carbons (Fsp3) is 0.125. The standard InChI is InChI=1S/C24H17F3N2O5S2/c1-33-18-9-7-14(24(25,26)27)11-17(18)28-20(30)13-29-22(31)19(36-23(29)32)12-15-8-10-21(34-15)35-16-5-3-2-4-6-16/h2-12H,13H2,1H3,(H,28,30)/b19-12-. The molecule has 36 heavy (non-hydrogen) atoms. The molecule has 4 rings (SSSR count). The van der Waals surface area contributed by atoms with Gasteiger partial charge in [-0.05, 0) is 54.2 Å². The minimum absolute atomic E-state index is 0.00705. The van der Waals surface area contributed by atoms with Gasteiger partial charge in [0, 0.05) is 11.0 Å². The van der Waals surface area contributed by atoms with Crippen molar-refractivity contribution in [3.63, 3.8) is 0 Å². The average Bonchev–Trinajstić information content (AvgIpc) is 3.38. The molecule has 0 spiro atoms. The minimum atomic E-state index is -4.63. The van der Waals surface area contributed by atoms with Crippen LogP contribution in [0.5, 0.6) is 5.75 Å². The second-order valence-electron chi connectivity index (χ2n) is 7.30. The van der Waals surface area contributed by atoms with Crippen molar-refractivity contribution >= 4 is 52.3 Å². The van der Waals surface area contributed by atoms with Crippen molar-refractivity contribution < 1.29 is 36.7 Å². The number of methoxy groups -OCH3 is 1. The summed E-state index contributed by atoms with van der Waals surface area (Å²) in [5.41, 5.74) is -1.23. The number of ether oxygens (including phenoxy) is 1. The van der Waals surface area contributed by atoms with Gasteiger partial charge in [0.05, 0.1) is 23.3 Å². The zero-order chi connectivity index (χ0) is 25.9.